The molecule has 2 aliphatic heterocycles. The zero-order valence-corrected chi connectivity index (χ0v) is 15.5. The predicted octanol–water partition coefficient (Wildman–Crippen LogP) is 1.33. The minimum Gasteiger partial charge on any atom is -0.365 e. The molecular weight excluding hydrogens is 344 g/mol. The average Bonchev–Trinajstić information content (AvgIpc) is 3.21. The first-order valence-corrected chi connectivity index (χ1v) is 9.44. The molecule has 142 valence electrons. The van der Waals surface area contributed by atoms with Crippen LogP contribution in [0.15, 0.2) is 36.8 Å². The fourth-order valence-electron chi connectivity index (χ4n) is 3.78. The van der Waals surface area contributed by atoms with Gasteiger partial charge in [0.2, 0.25) is 0 Å². The molecule has 2 amide bonds. The van der Waals surface area contributed by atoms with Gasteiger partial charge in [0.25, 0.3) is 11.8 Å². The molecule has 1 aromatic heterocycles. The van der Waals surface area contributed by atoms with E-state index in [0.29, 0.717) is 38.5 Å². The maximum atomic E-state index is 13.0. The number of carbonyl (C=O) groups excluding carboxylic acids is 2. The summed E-state index contributed by atoms with van der Waals surface area (Å²) in [5, 5.41) is 0. The fourth-order valence-corrected chi connectivity index (χ4v) is 3.78. The lowest BCUT2D eigenvalue weighted by Crippen LogP contribution is -2.53. The Hall–Kier alpha value is -2.67. The van der Waals surface area contributed by atoms with Crippen LogP contribution < -0.4 is 0 Å². The molecule has 7 nitrogen and oxygen atoms in total. The van der Waals surface area contributed by atoms with E-state index in [1.807, 2.05) is 28.5 Å². The lowest BCUT2D eigenvalue weighted by atomic mass is 9.99. The van der Waals surface area contributed by atoms with Gasteiger partial charge in [-0.15, -0.1) is 0 Å². The van der Waals surface area contributed by atoms with Crippen LogP contribution >= 0.6 is 0 Å². The van der Waals surface area contributed by atoms with Crippen molar-refractivity contribution in [1.29, 1.82) is 0 Å². The molecule has 0 N–H and O–H groups in total. The molecule has 1 saturated heterocycles. The van der Waals surface area contributed by atoms with Gasteiger partial charge in [-0.3, -0.25) is 9.59 Å². The smallest absolute Gasteiger partial charge is 0.272 e. The number of fused-ring (bicyclic) bond motifs is 1. The van der Waals surface area contributed by atoms with Gasteiger partial charge in [0.15, 0.2) is 6.10 Å². The van der Waals surface area contributed by atoms with Crippen LogP contribution in [0.3, 0.4) is 0 Å². The third-order valence-electron chi connectivity index (χ3n) is 5.34. The highest BCUT2D eigenvalue weighted by Crippen LogP contribution is 2.21. The summed E-state index contributed by atoms with van der Waals surface area (Å²) in [4.78, 5) is 33.4. The third kappa shape index (κ3) is 3.47. The normalized spacial score (nSPS) is 19.7. The Labute approximate surface area is 158 Å². The molecule has 0 saturated carbocycles. The molecule has 1 atom stereocenters. The number of hydrogen-bond donors (Lipinski definition) is 0. The summed E-state index contributed by atoms with van der Waals surface area (Å²) in [6, 6.07) is 8.22. The number of aromatic nitrogens is 2. The molecule has 2 aromatic rings. The van der Waals surface area contributed by atoms with Crippen LogP contribution in [0.2, 0.25) is 0 Å². The molecular formula is C20H24N4O3. The van der Waals surface area contributed by atoms with E-state index < -0.39 is 6.10 Å². The third-order valence-corrected chi connectivity index (χ3v) is 5.34. The second-order valence-corrected chi connectivity index (χ2v) is 6.95. The van der Waals surface area contributed by atoms with Crippen molar-refractivity contribution >= 4 is 11.8 Å². The molecule has 4 rings (SSSR count). The lowest BCUT2D eigenvalue weighted by molar-refractivity contribution is -0.149. The lowest BCUT2D eigenvalue weighted by Gasteiger charge is -2.36. The molecule has 2 aliphatic rings. The number of hydrogen-bond acceptors (Lipinski definition) is 4. The van der Waals surface area contributed by atoms with Crippen molar-refractivity contribution in [2.45, 2.75) is 32.5 Å². The minimum absolute atomic E-state index is 0.0361. The summed E-state index contributed by atoms with van der Waals surface area (Å²) in [6.07, 6.45) is 3.49. The van der Waals surface area contributed by atoms with Gasteiger partial charge in [-0.25, -0.2) is 4.98 Å². The molecule has 3 heterocycles. The Kier molecular flexibility index (Phi) is 4.94. The average molecular weight is 368 g/mol. The second-order valence-electron chi connectivity index (χ2n) is 6.95. The molecule has 0 spiro atoms. The van der Waals surface area contributed by atoms with Crippen LogP contribution in [0.1, 0.15) is 28.5 Å². The molecule has 0 aliphatic carbocycles. The summed E-state index contributed by atoms with van der Waals surface area (Å²) in [5.41, 5.74) is 3.04. The number of morpholine rings is 1. The number of benzene rings is 1. The fraction of sp³-hybridized carbons (Fsp3) is 0.450. The molecule has 0 unspecified atom stereocenters. The molecule has 0 bridgehead atoms. The van der Waals surface area contributed by atoms with Crippen LogP contribution in [-0.2, 0) is 29.0 Å². The van der Waals surface area contributed by atoms with Gasteiger partial charge in [-0.2, -0.15) is 0 Å². The summed E-state index contributed by atoms with van der Waals surface area (Å²) in [7, 11) is 0. The van der Waals surface area contributed by atoms with Gasteiger partial charge in [-0.1, -0.05) is 24.3 Å². The van der Waals surface area contributed by atoms with E-state index in [0.717, 1.165) is 6.42 Å². The van der Waals surface area contributed by atoms with E-state index in [-0.39, 0.29) is 18.4 Å². The van der Waals surface area contributed by atoms with Gasteiger partial charge in [-0.05, 0) is 24.5 Å². The first-order chi connectivity index (χ1) is 13.2. The van der Waals surface area contributed by atoms with Crippen molar-refractivity contribution in [3.8, 4) is 0 Å². The van der Waals surface area contributed by atoms with Gasteiger partial charge >= 0.3 is 0 Å². The quantitative estimate of drug-likeness (QED) is 0.820. The number of amides is 2. The van der Waals surface area contributed by atoms with Crippen molar-refractivity contribution in [2.75, 3.05) is 26.2 Å². The number of aryl methyl sites for hydroxylation is 1. The highest BCUT2D eigenvalue weighted by Gasteiger charge is 2.34. The highest BCUT2D eigenvalue weighted by atomic mass is 16.5. The van der Waals surface area contributed by atoms with E-state index in [9.17, 15) is 9.59 Å². The zero-order chi connectivity index (χ0) is 18.8. The maximum Gasteiger partial charge on any atom is 0.272 e. The molecule has 1 aromatic carbocycles. The topological polar surface area (TPSA) is 67.7 Å². The summed E-state index contributed by atoms with van der Waals surface area (Å²) in [5.74, 6) is -0.134. The maximum absolute atomic E-state index is 13.0. The molecule has 1 fully saturated rings. The van der Waals surface area contributed by atoms with Crippen LogP contribution in [-0.4, -0.2) is 63.5 Å². The second kappa shape index (κ2) is 7.52. The Morgan fingerprint density at radius 3 is 2.81 bits per heavy atom. The first kappa shape index (κ1) is 17.7. The number of carbonyl (C=O) groups is 2. The van der Waals surface area contributed by atoms with Crippen LogP contribution in [0, 0.1) is 0 Å². The highest BCUT2D eigenvalue weighted by molar-refractivity contribution is 5.93. The number of imidazole rings is 1. The Bertz CT molecular complexity index is 847. The largest absolute Gasteiger partial charge is 0.365 e. The predicted molar refractivity (Wildman–Crippen MR) is 99.1 cm³/mol. The van der Waals surface area contributed by atoms with Crippen molar-refractivity contribution in [3.05, 3.63) is 53.6 Å². The summed E-state index contributed by atoms with van der Waals surface area (Å²) in [6.45, 7) is 5.08. The number of nitrogens with zero attached hydrogens (tertiary/aromatic N) is 4. The van der Waals surface area contributed by atoms with E-state index in [1.165, 1.54) is 11.1 Å². The van der Waals surface area contributed by atoms with Gasteiger partial charge < -0.3 is 19.1 Å². The standard InChI is InChI=1S/C20H24N4O3/c1-2-22-14-21-11-17(22)19(25)24-9-10-27-18(13-24)20(26)23-8-7-15-5-3-4-6-16(15)12-23/h3-6,11,14,18H,2,7-10,12-13H2,1H3/t18-/m1/s1. The monoisotopic (exact) mass is 368 g/mol. The Balaban J connectivity index is 1.44. The van der Waals surface area contributed by atoms with Crippen LogP contribution in [0.5, 0.6) is 0 Å². The molecule has 27 heavy (non-hydrogen) atoms. The van der Waals surface area contributed by atoms with Gasteiger partial charge in [0.1, 0.15) is 5.69 Å². The van der Waals surface area contributed by atoms with E-state index in [1.54, 1.807) is 17.4 Å². The zero-order valence-electron chi connectivity index (χ0n) is 15.5. The number of ether oxygens (including phenoxy) is 1. The number of rotatable bonds is 3. The van der Waals surface area contributed by atoms with Crippen molar-refractivity contribution in [2.24, 2.45) is 0 Å². The van der Waals surface area contributed by atoms with Crippen molar-refractivity contribution in [3.63, 3.8) is 0 Å². The minimum atomic E-state index is -0.606. The summed E-state index contributed by atoms with van der Waals surface area (Å²) < 4.78 is 7.54. The first-order valence-electron chi connectivity index (χ1n) is 9.44. The SMILES string of the molecule is CCn1cncc1C(=O)N1CCO[C@@H](C(=O)N2CCc3ccccc3C2)C1. The van der Waals surface area contributed by atoms with Crippen molar-refractivity contribution < 1.29 is 14.3 Å². The summed E-state index contributed by atoms with van der Waals surface area (Å²) >= 11 is 0. The van der Waals surface area contributed by atoms with Gasteiger partial charge in [0, 0.05) is 26.2 Å². The molecule has 7 heteroatoms. The van der Waals surface area contributed by atoms with E-state index in [2.05, 4.69) is 17.1 Å². The Morgan fingerprint density at radius 2 is 2.00 bits per heavy atom. The van der Waals surface area contributed by atoms with Crippen LogP contribution in [0.25, 0.3) is 0 Å². The van der Waals surface area contributed by atoms with E-state index in [4.69, 9.17) is 4.74 Å². The Morgan fingerprint density at radius 1 is 1.19 bits per heavy atom. The van der Waals surface area contributed by atoms with Crippen molar-refractivity contribution in [1.82, 2.24) is 19.4 Å². The van der Waals surface area contributed by atoms with Gasteiger partial charge in [0.05, 0.1) is 25.7 Å². The van der Waals surface area contributed by atoms with Crippen LogP contribution in [0.4, 0.5) is 0 Å². The molecule has 0 radical (unpaired) electrons. The van der Waals surface area contributed by atoms with E-state index >= 15 is 0 Å².